The third-order valence-corrected chi connectivity index (χ3v) is 4.61. The zero-order chi connectivity index (χ0) is 13.8. The Hall–Kier alpha value is -1.26. The molecule has 1 aromatic carbocycles. The number of nitrogens with zero attached hydrogens (tertiary/aromatic N) is 2. The Morgan fingerprint density at radius 3 is 2.95 bits per heavy atom. The van der Waals surface area contributed by atoms with E-state index >= 15 is 0 Å². The third-order valence-electron chi connectivity index (χ3n) is 4.09. The van der Waals surface area contributed by atoms with Gasteiger partial charge in [-0.15, -0.1) is 5.10 Å². The van der Waals surface area contributed by atoms with Crippen LogP contribution < -0.4 is 5.32 Å². The van der Waals surface area contributed by atoms with Crippen molar-refractivity contribution in [3.8, 4) is 0 Å². The average Bonchev–Trinajstić information content (AvgIpc) is 2.92. The van der Waals surface area contributed by atoms with E-state index in [9.17, 15) is 0 Å². The van der Waals surface area contributed by atoms with Crippen LogP contribution in [0.5, 0.6) is 0 Å². The molecule has 2 aromatic rings. The molecule has 1 aliphatic carbocycles. The molecule has 20 heavy (non-hydrogen) atoms. The van der Waals surface area contributed by atoms with Gasteiger partial charge < -0.3 is 5.32 Å². The summed E-state index contributed by atoms with van der Waals surface area (Å²) >= 11 is 1.42. The summed E-state index contributed by atoms with van der Waals surface area (Å²) in [5.41, 5.74) is 3.84. The Morgan fingerprint density at radius 1 is 1.40 bits per heavy atom. The Bertz CT molecular complexity index is 534. The average molecular weight is 287 g/mol. The van der Waals surface area contributed by atoms with Crippen molar-refractivity contribution in [2.24, 2.45) is 0 Å². The maximum absolute atomic E-state index is 4.26. The largest absolute Gasteiger partial charge is 0.305 e. The molecule has 106 valence electrons. The molecule has 1 aromatic heterocycles. The molecule has 3 rings (SSSR count). The van der Waals surface area contributed by atoms with Crippen LogP contribution in [-0.4, -0.2) is 16.1 Å². The fraction of sp³-hybridized carbons (Fsp3) is 0.500. The quantitative estimate of drug-likeness (QED) is 0.875. The summed E-state index contributed by atoms with van der Waals surface area (Å²) in [5.74, 6) is 0.773. The summed E-state index contributed by atoms with van der Waals surface area (Å²) in [6.07, 6.45) is 5.18. The number of rotatable bonds is 6. The Balaban J connectivity index is 1.86. The number of nitrogens with one attached hydrogen (secondary N) is 1. The van der Waals surface area contributed by atoms with Gasteiger partial charge in [0.25, 0.3) is 0 Å². The molecule has 1 saturated carbocycles. The zero-order valence-corrected chi connectivity index (χ0v) is 12.7. The van der Waals surface area contributed by atoms with Crippen LogP contribution in [0.2, 0.25) is 0 Å². The van der Waals surface area contributed by atoms with E-state index in [1.165, 1.54) is 41.9 Å². The lowest BCUT2D eigenvalue weighted by atomic mass is 9.79. The first-order valence-electron chi connectivity index (χ1n) is 7.48. The van der Waals surface area contributed by atoms with Crippen LogP contribution in [0.3, 0.4) is 0 Å². The highest BCUT2D eigenvalue weighted by Gasteiger charge is 2.22. The molecule has 1 unspecified atom stereocenters. The van der Waals surface area contributed by atoms with Crippen molar-refractivity contribution < 1.29 is 0 Å². The maximum atomic E-state index is 4.26. The highest BCUT2D eigenvalue weighted by Crippen LogP contribution is 2.37. The number of aromatic nitrogens is 2. The molecule has 0 bridgehead atoms. The van der Waals surface area contributed by atoms with Crippen molar-refractivity contribution in [1.29, 1.82) is 0 Å². The van der Waals surface area contributed by atoms with Crippen molar-refractivity contribution in [2.45, 2.75) is 44.6 Å². The predicted octanol–water partition coefficient (Wildman–Crippen LogP) is 3.89. The molecule has 0 amide bonds. The minimum atomic E-state index is 0.175. The van der Waals surface area contributed by atoms with E-state index in [-0.39, 0.29) is 6.04 Å². The van der Waals surface area contributed by atoms with E-state index in [1.807, 2.05) is 5.38 Å². The second-order valence-electron chi connectivity index (χ2n) is 5.51. The van der Waals surface area contributed by atoms with Gasteiger partial charge in [0.1, 0.15) is 0 Å². The van der Waals surface area contributed by atoms with Gasteiger partial charge in [0.15, 0.2) is 0 Å². The molecule has 0 radical (unpaired) electrons. The molecule has 0 saturated heterocycles. The molecule has 1 aliphatic rings. The number of benzene rings is 1. The summed E-state index contributed by atoms with van der Waals surface area (Å²) < 4.78 is 4.01. The van der Waals surface area contributed by atoms with Gasteiger partial charge in [0.2, 0.25) is 0 Å². The van der Waals surface area contributed by atoms with E-state index in [4.69, 9.17) is 0 Å². The summed E-state index contributed by atoms with van der Waals surface area (Å²) in [6, 6.07) is 9.19. The highest BCUT2D eigenvalue weighted by molar-refractivity contribution is 7.03. The Kier molecular flexibility index (Phi) is 4.43. The lowest BCUT2D eigenvalue weighted by Gasteiger charge is -2.27. The van der Waals surface area contributed by atoms with E-state index in [0.29, 0.717) is 0 Å². The molecular weight excluding hydrogens is 266 g/mol. The van der Waals surface area contributed by atoms with Crippen molar-refractivity contribution in [2.75, 3.05) is 6.54 Å². The van der Waals surface area contributed by atoms with Gasteiger partial charge in [0, 0.05) is 5.38 Å². The second-order valence-corrected chi connectivity index (χ2v) is 6.12. The second kappa shape index (κ2) is 6.46. The van der Waals surface area contributed by atoms with Crippen molar-refractivity contribution >= 4 is 11.5 Å². The van der Waals surface area contributed by atoms with Crippen LogP contribution in [0, 0.1) is 0 Å². The maximum Gasteiger partial charge on any atom is 0.0970 e. The predicted molar refractivity (Wildman–Crippen MR) is 83.1 cm³/mol. The first kappa shape index (κ1) is 13.7. The molecule has 1 heterocycles. The smallest absolute Gasteiger partial charge is 0.0970 e. The van der Waals surface area contributed by atoms with Gasteiger partial charge in [-0.05, 0) is 54.4 Å². The van der Waals surface area contributed by atoms with Crippen molar-refractivity contribution in [3.63, 3.8) is 0 Å². The SMILES string of the molecule is CCCNC(c1cccc(C2CCC2)c1)c1csnn1. The monoisotopic (exact) mass is 287 g/mol. The molecule has 0 spiro atoms. The topological polar surface area (TPSA) is 37.8 Å². The van der Waals surface area contributed by atoms with Gasteiger partial charge >= 0.3 is 0 Å². The van der Waals surface area contributed by atoms with Gasteiger partial charge in [-0.2, -0.15) is 0 Å². The Labute approximate surface area is 124 Å². The Morgan fingerprint density at radius 2 is 2.30 bits per heavy atom. The number of hydrogen-bond acceptors (Lipinski definition) is 4. The van der Waals surface area contributed by atoms with E-state index in [0.717, 1.165) is 24.6 Å². The summed E-state index contributed by atoms with van der Waals surface area (Å²) in [5, 5.41) is 9.90. The first-order chi connectivity index (χ1) is 9.88. The van der Waals surface area contributed by atoms with Gasteiger partial charge in [-0.25, -0.2) is 0 Å². The normalized spacial score (nSPS) is 16.9. The van der Waals surface area contributed by atoms with Gasteiger partial charge in [0.05, 0.1) is 11.7 Å². The van der Waals surface area contributed by atoms with E-state index in [2.05, 4.69) is 46.1 Å². The standard InChI is InChI=1S/C16H21N3S/c1-2-9-17-16(15-11-20-19-18-15)14-8-4-7-13(10-14)12-5-3-6-12/h4,7-8,10-12,16-17H,2-3,5-6,9H2,1H3. The van der Waals surface area contributed by atoms with E-state index in [1.54, 1.807) is 0 Å². The fourth-order valence-electron chi connectivity index (χ4n) is 2.71. The molecule has 1 atom stereocenters. The zero-order valence-electron chi connectivity index (χ0n) is 11.9. The lowest BCUT2D eigenvalue weighted by Crippen LogP contribution is -2.24. The number of hydrogen-bond donors (Lipinski definition) is 1. The highest BCUT2D eigenvalue weighted by atomic mass is 32.1. The summed E-state index contributed by atoms with van der Waals surface area (Å²) in [7, 11) is 0. The van der Waals surface area contributed by atoms with Gasteiger partial charge in [-0.3, -0.25) is 0 Å². The van der Waals surface area contributed by atoms with Crippen LogP contribution >= 0.6 is 11.5 Å². The minimum absolute atomic E-state index is 0.175. The first-order valence-corrected chi connectivity index (χ1v) is 8.32. The van der Waals surface area contributed by atoms with E-state index < -0.39 is 0 Å². The van der Waals surface area contributed by atoms with Crippen LogP contribution in [0.25, 0.3) is 0 Å². The lowest BCUT2D eigenvalue weighted by molar-refractivity contribution is 0.419. The summed E-state index contributed by atoms with van der Waals surface area (Å²) in [4.78, 5) is 0. The fourth-order valence-corrected chi connectivity index (χ4v) is 3.19. The third kappa shape index (κ3) is 2.91. The van der Waals surface area contributed by atoms with Crippen LogP contribution in [0.1, 0.15) is 61.4 Å². The minimum Gasteiger partial charge on any atom is -0.305 e. The van der Waals surface area contributed by atoms with Crippen molar-refractivity contribution in [3.05, 3.63) is 46.5 Å². The molecule has 4 heteroatoms. The molecule has 1 fully saturated rings. The summed E-state index contributed by atoms with van der Waals surface area (Å²) in [6.45, 7) is 3.18. The van der Waals surface area contributed by atoms with Crippen LogP contribution in [-0.2, 0) is 0 Å². The van der Waals surface area contributed by atoms with Crippen molar-refractivity contribution in [1.82, 2.24) is 14.9 Å². The van der Waals surface area contributed by atoms with Gasteiger partial charge in [-0.1, -0.05) is 42.1 Å². The molecule has 0 aliphatic heterocycles. The molecule has 3 nitrogen and oxygen atoms in total. The van der Waals surface area contributed by atoms with Crippen LogP contribution in [0.15, 0.2) is 29.6 Å². The van der Waals surface area contributed by atoms with Crippen LogP contribution in [0.4, 0.5) is 0 Å². The molecule has 1 N–H and O–H groups in total. The molecular formula is C16H21N3S.